The molecule has 2 aliphatic rings. The third-order valence-electron chi connectivity index (χ3n) is 6.57. The molecule has 8 nitrogen and oxygen atoms in total. The SMILES string of the molecule is Cc1ccc2c(c1)C(Nc1nc(N3CCOCC3)nc(-n3c(C(F)F)nc4ccccc43)n1)CC2. The zero-order chi connectivity index (χ0) is 23.9. The minimum absolute atomic E-state index is 0.0341. The number of hydrogen-bond acceptors (Lipinski definition) is 7. The van der Waals surface area contributed by atoms with Crippen LogP contribution in [0.4, 0.5) is 20.7 Å². The molecule has 180 valence electrons. The number of benzene rings is 2. The van der Waals surface area contributed by atoms with Gasteiger partial charge in [0.15, 0.2) is 5.82 Å². The van der Waals surface area contributed by atoms with Crippen molar-refractivity contribution in [2.75, 3.05) is 36.5 Å². The van der Waals surface area contributed by atoms with Gasteiger partial charge in [-0.25, -0.2) is 13.8 Å². The van der Waals surface area contributed by atoms with E-state index in [1.54, 1.807) is 24.3 Å². The number of fused-ring (bicyclic) bond motifs is 2. The molecule has 0 radical (unpaired) electrons. The lowest BCUT2D eigenvalue weighted by molar-refractivity contribution is 0.122. The molecule has 10 heteroatoms. The third kappa shape index (κ3) is 4.07. The van der Waals surface area contributed by atoms with Crippen LogP contribution >= 0.6 is 0 Å². The molecule has 1 aliphatic carbocycles. The first-order valence-electron chi connectivity index (χ1n) is 11.8. The Morgan fingerprint density at radius 1 is 1.00 bits per heavy atom. The Hall–Kier alpha value is -3.66. The number of ether oxygens (including phenoxy) is 1. The lowest BCUT2D eigenvalue weighted by atomic mass is 10.1. The molecule has 6 rings (SSSR count). The molecule has 1 unspecified atom stereocenters. The Balaban J connectivity index is 1.46. The number of rotatable bonds is 5. The van der Waals surface area contributed by atoms with Crippen molar-refractivity contribution in [3.05, 3.63) is 65.0 Å². The molecular weight excluding hydrogens is 452 g/mol. The molecule has 2 aromatic heterocycles. The first kappa shape index (κ1) is 21.8. The van der Waals surface area contributed by atoms with Crippen molar-refractivity contribution in [2.45, 2.75) is 32.2 Å². The monoisotopic (exact) mass is 477 g/mol. The average molecular weight is 478 g/mol. The number of aryl methyl sites for hydroxylation is 2. The second-order valence-electron chi connectivity index (χ2n) is 8.89. The minimum atomic E-state index is -2.79. The summed E-state index contributed by atoms with van der Waals surface area (Å²) in [6.07, 6.45) is -0.918. The normalized spacial score (nSPS) is 17.8. The van der Waals surface area contributed by atoms with Crippen LogP contribution in [0.2, 0.25) is 0 Å². The molecule has 0 bridgehead atoms. The molecular formula is C25H25F2N7O. The van der Waals surface area contributed by atoms with Crippen LogP contribution in [0.3, 0.4) is 0 Å². The van der Waals surface area contributed by atoms with Gasteiger partial charge in [0, 0.05) is 13.1 Å². The largest absolute Gasteiger partial charge is 0.378 e. The Kier molecular flexibility index (Phi) is 5.52. The zero-order valence-corrected chi connectivity index (χ0v) is 19.3. The van der Waals surface area contributed by atoms with Crippen LogP contribution in [0.5, 0.6) is 0 Å². The minimum Gasteiger partial charge on any atom is -0.378 e. The number of para-hydroxylation sites is 2. The van der Waals surface area contributed by atoms with Crippen LogP contribution in [0.15, 0.2) is 42.5 Å². The summed E-state index contributed by atoms with van der Waals surface area (Å²) < 4.78 is 34.9. The van der Waals surface area contributed by atoms with Crippen LogP contribution < -0.4 is 10.2 Å². The van der Waals surface area contributed by atoms with E-state index in [2.05, 4.69) is 45.4 Å². The number of nitrogens with zero attached hydrogens (tertiary/aromatic N) is 6. The van der Waals surface area contributed by atoms with Gasteiger partial charge < -0.3 is 15.0 Å². The highest BCUT2D eigenvalue weighted by Crippen LogP contribution is 2.34. The fraction of sp³-hybridized carbons (Fsp3) is 0.360. The van der Waals surface area contributed by atoms with Gasteiger partial charge in [0.05, 0.1) is 30.3 Å². The van der Waals surface area contributed by atoms with Gasteiger partial charge in [0.1, 0.15) is 0 Å². The maximum Gasteiger partial charge on any atom is 0.296 e. The Morgan fingerprint density at radius 2 is 1.80 bits per heavy atom. The second kappa shape index (κ2) is 8.84. The number of morpholine rings is 1. The van der Waals surface area contributed by atoms with Gasteiger partial charge in [0.2, 0.25) is 17.8 Å². The smallest absolute Gasteiger partial charge is 0.296 e. The van der Waals surface area contributed by atoms with Crippen LogP contribution in [0.25, 0.3) is 17.0 Å². The van der Waals surface area contributed by atoms with Crippen LogP contribution in [-0.2, 0) is 11.2 Å². The standard InChI is InChI=1S/C25H25F2N7O/c1-15-6-7-16-8-9-18(17(16)14-15)29-23-30-24(33-10-12-35-13-11-33)32-25(31-23)34-20-5-3-2-4-19(20)28-22(34)21(26)27/h2-7,14,18,21H,8-13H2,1H3,(H,29,30,31,32). The molecule has 2 aromatic carbocycles. The van der Waals surface area contributed by atoms with Gasteiger partial charge in [-0.2, -0.15) is 15.0 Å². The molecule has 1 fully saturated rings. The Labute approximate surface area is 201 Å². The van der Waals surface area contributed by atoms with E-state index in [0.717, 1.165) is 12.8 Å². The number of alkyl halides is 2. The topological polar surface area (TPSA) is 81.0 Å². The molecule has 3 heterocycles. The third-order valence-corrected chi connectivity index (χ3v) is 6.57. The Bertz CT molecular complexity index is 1380. The van der Waals surface area contributed by atoms with E-state index in [9.17, 15) is 8.78 Å². The van der Waals surface area contributed by atoms with Crippen molar-refractivity contribution in [1.82, 2.24) is 24.5 Å². The number of hydrogen-bond donors (Lipinski definition) is 1. The number of nitrogens with one attached hydrogen (secondary N) is 1. The van der Waals surface area contributed by atoms with Crippen molar-refractivity contribution in [1.29, 1.82) is 0 Å². The summed E-state index contributed by atoms with van der Waals surface area (Å²) in [7, 11) is 0. The van der Waals surface area contributed by atoms with Crippen LogP contribution in [0, 0.1) is 6.92 Å². The molecule has 35 heavy (non-hydrogen) atoms. The van der Waals surface area contributed by atoms with E-state index >= 15 is 0 Å². The second-order valence-corrected chi connectivity index (χ2v) is 8.89. The lowest BCUT2D eigenvalue weighted by Gasteiger charge is -2.27. The molecule has 4 aromatic rings. The van der Waals surface area contributed by atoms with Gasteiger partial charge >= 0.3 is 0 Å². The molecule has 1 saturated heterocycles. The van der Waals surface area contributed by atoms with Gasteiger partial charge in [-0.1, -0.05) is 35.9 Å². The molecule has 1 N–H and O–H groups in total. The maximum atomic E-state index is 14.0. The van der Waals surface area contributed by atoms with Crippen molar-refractivity contribution in [3.8, 4) is 5.95 Å². The summed E-state index contributed by atoms with van der Waals surface area (Å²) >= 11 is 0. The van der Waals surface area contributed by atoms with Crippen molar-refractivity contribution >= 4 is 22.9 Å². The summed E-state index contributed by atoms with van der Waals surface area (Å²) in [6.45, 7) is 4.40. The van der Waals surface area contributed by atoms with E-state index in [4.69, 9.17) is 9.72 Å². The fourth-order valence-corrected chi connectivity index (χ4v) is 4.85. The molecule has 0 saturated carbocycles. The predicted octanol–water partition coefficient (Wildman–Crippen LogP) is 4.39. The average Bonchev–Trinajstić information content (AvgIpc) is 3.46. The quantitative estimate of drug-likeness (QED) is 0.457. The lowest BCUT2D eigenvalue weighted by Crippen LogP contribution is -2.37. The first-order chi connectivity index (χ1) is 17.1. The van der Waals surface area contributed by atoms with E-state index < -0.39 is 12.2 Å². The van der Waals surface area contributed by atoms with E-state index in [1.807, 2.05) is 4.90 Å². The molecule has 1 aliphatic heterocycles. The van der Waals surface area contributed by atoms with Crippen LogP contribution in [0.1, 0.15) is 41.4 Å². The maximum absolute atomic E-state index is 14.0. The van der Waals surface area contributed by atoms with Gasteiger partial charge in [-0.05, 0) is 43.0 Å². The number of halogens is 2. The van der Waals surface area contributed by atoms with Gasteiger partial charge in [0.25, 0.3) is 6.43 Å². The molecule has 1 atom stereocenters. The van der Waals surface area contributed by atoms with Gasteiger partial charge in [-0.3, -0.25) is 4.57 Å². The molecule has 0 spiro atoms. The predicted molar refractivity (Wildman–Crippen MR) is 128 cm³/mol. The summed E-state index contributed by atoms with van der Waals surface area (Å²) in [6, 6.07) is 13.5. The first-order valence-corrected chi connectivity index (χ1v) is 11.8. The van der Waals surface area contributed by atoms with Crippen LogP contribution in [-0.4, -0.2) is 50.8 Å². The molecule has 0 amide bonds. The fourth-order valence-electron chi connectivity index (χ4n) is 4.85. The van der Waals surface area contributed by atoms with E-state index in [1.165, 1.54) is 21.3 Å². The summed E-state index contributed by atoms with van der Waals surface area (Å²) in [5.41, 5.74) is 4.70. The number of anilines is 2. The Morgan fingerprint density at radius 3 is 2.63 bits per heavy atom. The highest BCUT2D eigenvalue weighted by molar-refractivity contribution is 5.77. The highest BCUT2D eigenvalue weighted by Gasteiger charge is 2.27. The van der Waals surface area contributed by atoms with Gasteiger partial charge in [-0.15, -0.1) is 0 Å². The number of imidazole rings is 1. The van der Waals surface area contributed by atoms with Crippen molar-refractivity contribution in [3.63, 3.8) is 0 Å². The zero-order valence-electron chi connectivity index (χ0n) is 19.3. The van der Waals surface area contributed by atoms with Crippen molar-refractivity contribution in [2.24, 2.45) is 0 Å². The van der Waals surface area contributed by atoms with E-state index in [0.29, 0.717) is 49.2 Å². The summed E-state index contributed by atoms with van der Waals surface area (Å²) in [5.74, 6) is 0.517. The van der Waals surface area contributed by atoms with E-state index in [-0.39, 0.29) is 12.0 Å². The summed E-state index contributed by atoms with van der Waals surface area (Å²) in [4.78, 5) is 20.1. The highest BCUT2D eigenvalue weighted by atomic mass is 19.3. The van der Waals surface area contributed by atoms with Crippen molar-refractivity contribution < 1.29 is 13.5 Å². The summed E-state index contributed by atoms with van der Waals surface area (Å²) in [5, 5.41) is 3.46. The number of aromatic nitrogens is 5.